The van der Waals surface area contributed by atoms with Crippen LogP contribution >= 0.6 is 0 Å². The Morgan fingerprint density at radius 1 is 0.925 bits per heavy atom. The minimum absolute atomic E-state index is 0.226. The standard InChI is InChI=1S/C34H36N2O4/c1-38-24-30-22-32(40-35-30)17-16-26-10-8-9-15-33(26)39-25-31(37)23-36-20-18-29(19-21-36)34(27-11-4-2-5-12-27)28-13-6-3-7-14-28/h2-17,22,31,37H,18-21,23-25H2,1H3/b17-16-. The van der Waals surface area contributed by atoms with Gasteiger partial charge in [-0.1, -0.05) is 89.6 Å². The summed E-state index contributed by atoms with van der Waals surface area (Å²) in [4.78, 5) is 2.33. The van der Waals surface area contributed by atoms with Gasteiger partial charge in [0, 0.05) is 38.4 Å². The average molecular weight is 537 g/mol. The molecule has 40 heavy (non-hydrogen) atoms. The molecule has 1 aliphatic rings. The van der Waals surface area contributed by atoms with Crippen LogP contribution in [0, 0.1) is 0 Å². The van der Waals surface area contributed by atoms with Crippen LogP contribution in [0.15, 0.2) is 101 Å². The number of aliphatic hydroxyl groups is 1. The van der Waals surface area contributed by atoms with Gasteiger partial charge in [0.05, 0.1) is 6.61 Å². The maximum absolute atomic E-state index is 10.8. The van der Waals surface area contributed by atoms with E-state index < -0.39 is 6.10 Å². The SMILES string of the molecule is COCc1cc(/C=C\c2ccccc2OCC(O)CN2CCC(=C(c3ccccc3)c3ccccc3)CC2)on1. The second-order valence-electron chi connectivity index (χ2n) is 10.0. The fraction of sp³-hybridized carbons (Fsp3) is 0.265. The van der Waals surface area contributed by atoms with Gasteiger partial charge in [-0.05, 0) is 47.8 Å². The van der Waals surface area contributed by atoms with E-state index in [1.165, 1.54) is 22.3 Å². The number of hydrogen-bond acceptors (Lipinski definition) is 6. The minimum atomic E-state index is -0.587. The van der Waals surface area contributed by atoms with Crippen molar-refractivity contribution in [1.82, 2.24) is 10.1 Å². The molecular formula is C34H36N2O4. The van der Waals surface area contributed by atoms with Crippen molar-refractivity contribution in [2.45, 2.75) is 25.6 Å². The van der Waals surface area contributed by atoms with Crippen molar-refractivity contribution in [3.05, 3.63) is 125 Å². The summed E-state index contributed by atoms with van der Waals surface area (Å²) < 4.78 is 16.5. The number of ether oxygens (including phenoxy) is 2. The maximum atomic E-state index is 10.8. The van der Waals surface area contributed by atoms with Crippen LogP contribution < -0.4 is 4.74 Å². The van der Waals surface area contributed by atoms with Crippen LogP contribution in [0.4, 0.5) is 0 Å². The zero-order valence-electron chi connectivity index (χ0n) is 22.9. The third kappa shape index (κ3) is 7.36. The van der Waals surface area contributed by atoms with E-state index in [4.69, 9.17) is 14.0 Å². The molecule has 1 aromatic heterocycles. The molecule has 2 heterocycles. The summed E-state index contributed by atoms with van der Waals surface area (Å²) in [6.45, 7) is 3.04. The van der Waals surface area contributed by atoms with Crippen molar-refractivity contribution in [2.75, 3.05) is 33.4 Å². The molecule has 4 aromatic rings. The molecule has 0 radical (unpaired) electrons. The average Bonchev–Trinajstić information content (AvgIpc) is 3.45. The van der Waals surface area contributed by atoms with Gasteiger partial charge in [-0.2, -0.15) is 0 Å². The van der Waals surface area contributed by atoms with Crippen molar-refractivity contribution in [2.24, 2.45) is 0 Å². The molecule has 1 saturated heterocycles. The molecule has 6 nitrogen and oxygen atoms in total. The third-order valence-corrected chi connectivity index (χ3v) is 7.05. The fourth-order valence-electron chi connectivity index (χ4n) is 5.12. The Morgan fingerprint density at radius 2 is 1.57 bits per heavy atom. The maximum Gasteiger partial charge on any atom is 0.160 e. The lowest BCUT2D eigenvalue weighted by Crippen LogP contribution is -2.39. The topological polar surface area (TPSA) is 68.0 Å². The van der Waals surface area contributed by atoms with E-state index in [2.05, 4.69) is 70.7 Å². The van der Waals surface area contributed by atoms with E-state index in [0.717, 1.165) is 37.2 Å². The molecule has 1 fully saturated rings. The number of nitrogens with zero attached hydrogens (tertiary/aromatic N) is 2. The molecule has 0 saturated carbocycles. The first-order chi connectivity index (χ1) is 19.7. The molecule has 1 unspecified atom stereocenters. The van der Waals surface area contributed by atoms with Crippen molar-refractivity contribution < 1.29 is 19.1 Å². The van der Waals surface area contributed by atoms with Gasteiger partial charge in [-0.25, -0.2) is 0 Å². The molecule has 3 aromatic carbocycles. The predicted molar refractivity (Wildman–Crippen MR) is 159 cm³/mol. The molecule has 1 N–H and O–H groups in total. The largest absolute Gasteiger partial charge is 0.490 e. The van der Waals surface area contributed by atoms with Crippen molar-refractivity contribution in [1.29, 1.82) is 0 Å². The van der Waals surface area contributed by atoms with E-state index >= 15 is 0 Å². The second kappa shape index (κ2) is 13.9. The molecule has 0 bridgehead atoms. The van der Waals surface area contributed by atoms with E-state index in [-0.39, 0.29) is 6.61 Å². The highest BCUT2D eigenvalue weighted by Gasteiger charge is 2.21. The van der Waals surface area contributed by atoms with Gasteiger partial charge in [-0.15, -0.1) is 0 Å². The van der Waals surface area contributed by atoms with Crippen molar-refractivity contribution in [3.8, 4) is 5.75 Å². The number of benzene rings is 3. The smallest absolute Gasteiger partial charge is 0.160 e. The zero-order chi connectivity index (χ0) is 27.6. The summed E-state index contributed by atoms with van der Waals surface area (Å²) >= 11 is 0. The van der Waals surface area contributed by atoms with Gasteiger partial charge in [-0.3, -0.25) is 4.90 Å². The number of piperidine rings is 1. The van der Waals surface area contributed by atoms with E-state index in [9.17, 15) is 5.11 Å². The van der Waals surface area contributed by atoms with Crippen LogP contribution in [0.25, 0.3) is 17.7 Å². The van der Waals surface area contributed by atoms with Gasteiger partial charge in [0.15, 0.2) is 5.76 Å². The Bertz CT molecular complexity index is 1360. The van der Waals surface area contributed by atoms with Crippen molar-refractivity contribution in [3.63, 3.8) is 0 Å². The molecule has 0 amide bonds. The summed E-state index contributed by atoms with van der Waals surface area (Å²) in [7, 11) is 1.62. The molecular weight excluding hydrogens is 500 g/mol. The summed E-state index contributed by atoms with van der Waals surface area (Å²) in [6, 6.07) is 30.9. The lowest BCUT2D eigenvalue weighted by atomic mass is 9.88. The summed E-state index contributed by atoms with van der Waals surface area (Å²) in [5, 5.41) is 14.8. The Labute approximate surface area is 236 Å². The number of para-hydroxylation sites is 1. The number of β-amino-alcohol motifs (C(OH)–C–C–N with tert-alkyl or cyclic N) is 1. The number of aliphatic hydroxyl groups excluding tert-OH is 1. The van der Waals surface area contributed by atoms with Crippen LogP contribution in [-0.4, -0.2) is 54.6 Å². The van der Waals surface area contributed by atoms with Crippen LogP contribution in [0.1, 0.15) is 41.0 Å². The zero-order valence-corrected chi connectivity index (χ0v) is 22.9. The number of aromatic nitrogens is 1. The van der Waals surface area contributed by atoms with Gasteiger partial charge in [0.1, 0.15) is 24.2 Å². The first kappa shape index (κ1) is 27.6. The number of hydrogen-bond donors (Lipinski definition) is 1. The Morgan fingerprint density at radius 3 is 2.25 bits per heavy atom. The van der Waals surface area contributed by atoms with Gasteiger partial charge in [0.2, 0.25) is 0 Å². The lowest BCUT2D eigenvalue weighted by Gasteiger charge is -2.31. The number of rotatable bonds is 11. The first-order valence-electron chi connectivity index (χ1n) is 13.8. The van der Waals surface area contributed by atoms with Crippen LogP contribution in [0.2, 0.25) is 0 Å². The molecule has 0 aliphatic carbocycles. The Hall–Kier alpha value is -3.97. The minimum Gasteiger partial charge on any atom is -0.490 e. The van der Waals surface area contributed by atoms with E-state index in [0.29, 0.717) is 24.7 Å². The van der Waals surface area contributed by atoms with Gasteiger partial charge < -0.3 is 19.1 Å². The molecule has 206 valence electrons. The van der Waals surface area contributed by atoms with Crippen molar-refractivity contribution >= 4 is 17.7 Å². The lowest BCUT2D eigenvalue weighted by molar-refractivity contribution is 0.0655. The molecule has 1 aliphatic heterocycles. The summed E-state index contributed by atoms with van der Waals surface area (Å²) in [5.74, 6) is 1.36. The monoisotopic (exact) mass is 536 g/mol. The highest BCUT2D eigenvalue weighted by atomic mass is 16.5. The quantitative estimate of drug-likeness (QED) is 0.242. The highest BCUT2D eigenvalue weighted by Crippen LogP contribution is 2.32. The molecule has 5 rings (SSSR count). The number of likely N-dealkylation sites (tertiary alicyclic amines) is 1. The summed E-state index contributed by atoms with van der Waals surface area (Å²) in [5.41, 5.74) is 6.98. The van der Waals surface area contributed by atoms with Crippen LogP contribution in [-0.2, 0) is 11.3 Å². The van der Waals surface area contributed by atoms with Gasteiger partial charge in [0.25, 0.3) is 0 Å². The molecule has 1 atom stereocenters. The first-order valence-corrected chi connectivity index (χ1v) is 13.8. The normalized spacial score (nSPS) is 14.9. The Kier molecular flexibility index (Phi) is 9.59. The van der Waals surface area contributed by atoms with Crippen LogP contribution in [0.5, 0.6) is 5.75 Å². The fourth-order valence-corrected chi connectivity index (χ4v) is 5.12. The molecule has 0 spiro atoms. The van der Waals surface area contributed by atoms with Gasteiger partial charge >= 0.3 is 0 Å². The van der Waals surface area contributed by atoms with E-state index in [1.54, 1.807) is 7.11 Å². The number of methoxy groups -OCH3 is 1. The Balaban J connectivity index is 1.17. The summed E-state index contributed by atoms with van der Waals surface area (Å²) in [6.07, 6.45) is 5.15. The van der Waals surface area contributed by atoms with E-state index in [1.807, 2.05) is 42.5 Å². The second-order valence-corrected chi connectivity index (χ2v) is 10.0. The third-order valence-electron chi connectivity index (χ3n) is 7.05. The highest BCUT2D eigenvalue weighted by molar-refractivity contribution is 5.82. The predicted octanol–water partition coefficient (Wildman–Crippen LogP) is 6.33. The molecule has 6 heteroatoms. The van der Waals surface area contributed by atoms with Crippen LogP contribution in [0.3, 0.4) is 0 Å².